The number of fused-ring (bicyclic) bond motifs is 1. The van der Waals surface area contributed by atoms with Gasteiger partial charge in [-0.05, 0) is 24.6 Å². The first-order chi connectivity index (χ1) is 7.29. The molecule has 0 amide bonds. The standard InChI is InChI=1S/C11H13N3O/c12-5-1-2-9-7-14-10-6-8(13)3-4-11(10)15-9/h3-4,6,9,14H,1-2,7,13H2/t9-/m0/s1. The Morgan fingerprint density at radius 1 is 1.60 bits per heavy atom. The molecule has 0 saturated carbocycles. The maximum atomic E-state index is 8.49. The lowest BCUT2D eigenvalue weighted by atomic mass is 10.1. The maximum Gasteiger partial charge on any atom is 0.143 e. The molecule has 0 fully saturated rings. The first kappa shape index (κ1) is 9.66. The number of hydrogen-bond acceptors (Lipinski definition) is 4. The predicted octanol–water partition coefficient (Wildman–Crippen LogP) is 1.75. The molecule has 1 aliphatic rings. The lowest BCUT2D eigenvalue weighted by Crippen LogP contribution is -2.30. The van der Waals surface area contributed by atoms with Crippen molar-refractivity contribution in [1.82, 2.24) is 0 Å². The van der Waals surface area contributed by atoms with Crippen molar-refractivity contribution < 1.29 is 4.74 Å². The highest BCUT2D eigenvalue weighted by Gasteiger charge is 2.18. The van der Waals surface area contributed by atoms with E-state index in [-0.39, 0.29) is 6.10 Å². The molecule has 0 saturated heterocycles. The van der Waals surface area contributed by atoms with Gasteiger partial charge in [0.15, 0.2) is 0 Å². The van der Waals surface area contributed by atoms with E-state index >= 15 is 0 Å². The molecule has 0 radical (unpaired) electrons. The first-order valence-corrected chi connectivity index (χ1v) is 4.96. The van der Waals surface area contributed by atoms with Crippen molar-refractivity contribution in [2.75, 3.05) is 17.6 Å². The van der Waals surface area contributed by atoms with E-state index in [2.05, 4.69) is 11.4 Å². The van der Waals surface area contributed by atoms with Crippen LogP contribution in [0.15, 0.2) is 18.2 Å². The van der Waals surface area contributed by atoms with Gasteiger partial charge in [0.05, 0.1) is 18.3 Å². The van der Waals surface area contributed by atoms with Gasteiger partial charge in [-0.25, -0.2) is 0 Å². The molecule has 0 unspecified atom stereocenters. The van der Waals surface area contributed by atoms with Gasteiger partial charge in [-0.15, -0.1) is 0 Å². The number of nitrogens with zero attached hydrogens (tertiary/aromatic N) is 1. The molecule has 1 aromatic carbocycles. The van der Waals surface area contributed by atoms with Gasteiger partial charge in [0.1, 0.15) is 11.9 Å². The summed E-state index contributed by atoms with van der Waals surface area (Å²) in [5.74, 6) is 0.818. The van der Waals surface area contributed by atoms with E-state index in [1.54, 1.807) is 0 Å². The van der Waals surface area contributed by atoms with Crippen LogP contribution in [0, 0.1) is 11.3 Å². The van der Waals surface area contributed by atoms with Crippen molar-refractivity contribution in [1.29, 1.82) is 5.26 Å². The molecule has 2 rings (SSSR count). The van der Waals surface area contributed by atoms with Crippen LogP contribution in [0.25, 0.3) is 0 Å². The summed E-state index contributed by atoms with van der Waals surface area (Å²) in [4.78, 5) is 0. The van der Waals surface area contributed by atoms with Gasteiger partial charge in [-0.2, -0.15) is 5.26 Å². The molecule has 0 aliphatic carbocycles. The summed E-state index contributed by atoms with van der Waals surface area (Å²) in [6, 6.07) is 7.65. The van der Waals surface area contributed by atoms with Crippen molar-refractivity contribution in [3.8, 4) is 11.8 Å². The molecule has 0 bridgehead atoms. The number of anilines is 2. The Morgan fingerprint density at radius 2 is 2.47 bits per heavy atom. The Hall–Kier alpha value is -1.89. The second kappa shape index (κ2) is 4.09. The SMILES string of the molecule is N#CCC[C@H]1CNc2cc(N)ccc2O1. The van der Waals surface area contributed by atoms with E-state index in [0.717, 1.165) is 30.1 Å². The number of nitrogen functional groups attached to an aromatic ring is 1. The normalized spacial score (nSPS) is 18.2. The summed E-state index contributed by atoms with van der Waals surface area (Å²) >= 11 is 0. The summed E-state index contributed by atoms with van der Waals surface area (Å²) in [5, 5.41) is 11.7. The van der Waals surface area contributed by atoms with Crippen LogP contribution >= 0.6 is 0 Å². The highest BCUT2D eigenvalue weighted by atomic mass is 16.5. The van der Waals surface area contributed by atoms with Crippen LogP contribution in [0.1, 0.15) is 12.8 Å². The molecular formula is C11H13N3O. The van der Waals surface area contributed by atoms with Gasteiger partial charge in [-0.1, -0.05) is 0 Å². The number of benzene rings is 1. The fourth-order valence-electron chi connectivity index (χ4n) is 1.62. The topological polar surface area (TPSA) is 71.1 Å². The van der Waals surface area contributed by atoms with Crippen molar-refractivity contribution >= 4 is 11.4 Å². The fourth-order valence-corrected chi connectivity index (χ4v) is 1.62. The summed E-state index contributed by atoms with van der Waals surface area (Å²) in [7, 11) is 0. The van der Waals surface area contributed by atoms with Gasteiger partial charge >= 0.3 is 0 Å². The lowest BCUT2D eigenvalue weighted by molar-refractivity contribution is 0.197. The van der Waals surface area contributed by atoms with Crippen molar-refractivity contribution in [3.63, 3.8) is 0 Å². The zero-order chi connectivity index (χ0) is 10.7. The third-order valence-corrected chi connectivity index (χ3v) is 2.40. The summed E-state index contributed by atoms with van der Waals surface area (Å²) < 4.78 is 5.72. The summed E-state index contributed by atoms with van der Waals surface area (Å²) in [6.07, 6.45) is 1.37. The zero-order valence-electron chi connectivity index (χ0n) is 8.36. The number of nitriles is 1. The zero-order valence-corrected chi connectivity index (χ0v) is 8.36. The van der Waals surface area contributed by atoms with Crippen LogP contribution in [0.2, 0.25) is 0 Å². The molecule has 1 aliphatic heterocycles. The second-order valence-electron chi connectivity index (χ2n) is 3.57. The predicted molar refractivity (Wildman–Crippen MR) is 58.6 cm³/mol. The summed E-state index contributed by atoms with van der Waals surface area (Å²) in [5.41, 5.74) is 7.31. The number of nitrogens with one attached hydrogen (secondary N) is 1. The molecule has 0 spiro atoms. The molecule has 1 heterocycles. The largest absolute Gasteiger partial charge is 0.486 e. The van der Waals surface area contributed by atoms with Crippen molar-refractivity contribution in [3.05, 3.63) is 18.2 Å². The van der Waals surface area contributed by atoms with Crippen LogP contribution in [0.4, 0.5) is 11.4 Å². The lowest BCUT2D eigenvalue weighted by Gasteiger charge is -2.27. The fraction of sp³-hybridized carbons (Fsp3) is 0.364. The third kappa shape index (κ3) is 2.13. The van der Waals surface area contributed by atoms with Gasteiger partial charge in [0, 0.05) is 12.1 Å². The van der Waals surface area contributed by atoms with Crippen LogP contribution in [0.3, 0.4) is 0 Å². The minimum Gasteiger partial charge on any atom is -0.486 e. The second-order valence-corrected chi connectivity index (χ2v) is 3.57. The van der Waals surface area contributed by atoms with E-state index in [9.17, 15) is 0 Å². The quantitative estimate of drug-likeness (QED) is 0.718. The molecule has 3 N–H and O–H groups in total. The number of ether oxygens (including phenoxy) is 1. The van der Waals surface area contributed by atoms with Crippen LogP contribution in [0.5, 0.6) is 5.75 Å². The monoisotopic (exact) mass is 203 g/mol. The third-order valence-electron chi connectivity index (χ3n) is 2.40. The van der Waals surface area contributed by atoms with E-state index in [1.807, 2.05) is 18.2 Å². The maximum absolute atomic E-state index is 8.49. The van der Waals surface area contributed by atoms with Crippen LogP contribution < -0.4 is 15.8 Å². The van der Waals surface area contributed by atoms with Gasteiger partial charge in [0.2, 0.25) is 0 Å². The van der Waals surface area contributed by atoms with Crippen molar-refractivity contribution in [2.45, 2.75) is 18.9 Å². The smallest absolute Gasteiger partial charge is 0.143 e. The highest BCUT2D eigenvalue weighted by Crippen LogP contribution is 2.31. The molecule has 0 aromatic heterocycles. The Balaban J connectivity index is 2.07. The molecule has 1 atom stereocenters. The van der Waals surface area contributed by atoms with Gasteiger partial charge in [0.25, 0.3) is 0 Å². The Morgan fingerprint density at radius 3 is 3.27 bits per heavy atom. The average Bonchev–Trinajstić information content (AvgIpc) is 2.26. The Bertz CT molecular complexity index is 397. The van der Waals surface area contributed by atoms with E-state index in [0.29, 0.717) is 6.42 Å². The molecule has 15 heavy (non-hydrogen) atoms. The number of hydrogen-bond donors (Lipinski definition) is 2. The number of nitrogens with two attached hydrogens (primary N) is 1. The minimum atomic E-state index is 0.0841. The Kier molecular flexibility index (Phi) is 2.64. The first-order valence-electron chi connectivity index (χ1n) is 4.96. The molecule has 78 valence electrons. The van der Waals surface area contributed by atoms with E-state index in [4.69, 9.17) is 15.7 Å². The molecular weight excluding hydrogens is 190 g/mol. The number of rotatable bonds is 2. The van der Waals surface area contributed by atoms with Crippen LogP contribution in [-0.2, 0) is 0 Å². The molecule has 1 aromatic rings. The summed E-state index contributed by atoms with van der Waals surface area (Å²) in [6.45, 7) is 0.734. The van der Waals surface area contributed by atoms with Gasteiger partial charge < -0.3 is 15.8 Å². The van der Waals surface area contributed by atoms with Crippen molar-refractivity contribution in [2.24, 2.45) is 0 Å². The Labute approximate surface area is 88.6 Å². The molecule has 4 heteroatoms. The van der Waals surface area contributed by atoms with E-state index in [1.165, 1.54) is 0 Å². The van der Waals surface area contributed by atoms with E-state index < -0.39 is 0 Å². The minimum absolute atomic E-state index is 0.0841. The molecule has 4 nitrogen and oxygen atoms in total. The highest BCUT2D eigenvalue weighted by molar-refractivity contribution is 5.64. The average molecular weight is 203 g/mol. The van der Waals surface area contributed by atoms with Gasteiger partial charge in [-0.3, -0.25) is 0 Å². The van der Waals surface area contributed by atoms with Crippen LogP contribution in [-0.4, -0.2) is 12.6 Å².